The van der Waals surface area contributed by atoms with Gasteiger partial charge in [-0.15, -0.1) is 11.6 Å². The van der Waals surface area contributed by atoms with Gasteiger partial charge in [-0.05, 0) is 44.9 Å². The van der Waals surface area contributed by atoms with Crippen LogP contribution in [0.5, 0.6) is 0 Å². The first-order valence-corrected chi connectivity index (χ1v) is 9.57. The second-order valence-electron chi connectivity index (χ2n) is 6.90. The van der Waals surface area contributed by atoms with Crippen molar-refractivity contribution in [1.29, 1.82) is 0 Å². The lowest BCUT2D eigenvalue weighted by molar-refractivity contribution is -0.115. The van der Waals surface area contributed by atoms with Gasteiger partial charge in [-0.3, -0.25) is 4.79 Å². The highest BCUT2D eigenvalue weighted by atomic mass is 35.5. The van der Waals surface area contributed by atoms with Crippen LogP contribution in [0.3, 0.4) is 0 Å². The van der Waals surface area contributed by atoms with E-state index in [4.69, 9.17) is 11.6 Å². The maximum absolute atomic E-state index is 12.1. The summed E-state index contributed by atoms with van der Waals surface area (Å²) in [6.45, 7) is 7.57. The molecule has 3 heterocycles. The molecule has 1 aromatic carbocycles. The van der Waals surface area contributed by atoms with Gasteiger partial charge in [0.2, 0.25) is 5.91 Å². The molecule has 0 fully saturated rings. The van der Waals surface area contributed by atoms with Gasteiger partial charge in [-0.25, -0.2) is 14.6 Å². The molecule has 1 unspecified atom stereocenters. The normalized spacial score (nSPS) is 12.3. The maximum atomic E-state index is 12.1. The van der Waals surface area contributed by atoms with Crippen LogP contribution in [-0.2, 0) is 4.79 Å². The first-order valence-electron chi connectivity index (χ1n) is 9.14. The van der Waals surface area contributed by atoms with Crippen LogP contribution >= 0.6 is 11.6 Å². The van der Waals surface area contributed by atoms with Crippen molar-refractivity contribution in [2.75, 3.05) is 5.32 Å². The van der Waals surface area contributed by atoms with E-state index in [0.717, 1.165) is 16.9 Å². The Bertz CT molecular complexity index is 1230. The smallest absolute Gasteiger partial charge is 0.243 e. The summed E-state index contributed by atoms with van der Waals surface area (Å²) in [5, 5.41) is 11.9. The molecular formula is C20H20ClN7O. The zero-order chi connectivity index (χ0) is 20.7. The van der Waals surface area contributed by atoms with Gasteiger partial charge >= 0.3 is 0 Å². The highest BCUT2D eigenvalue weighted by Gasteiger charge is 2.19. The molecule has 0 aliphatic heterocycles. The predicted octanol–water partition coefficient (Wildman–Crippen LogP) is 3.49. The monoisotopic (exact) mass is 409 g/mol. The minimum absolute atomic E-state index is 0.316. The minimum atomic E-state index is -0.670. The van der Waals surface area contributed by atoms with Crippen molar-refractivity contribution < 1.29 is 4.79 Å². The Balaban J connectivity index is 1.87. The van der Waals surface area contributed by atoms with E-state index in [1.807, 2.05) is 19.1 Å². The number of anilines is 1. The molecule has 8 nitrogen and oxygen atoms in total. The molecule has 0 spiro atoms. The number of aryl methyl sites for hydroxylation is 2. The van der Waals surface area contributed by atoms with Crippen LogP contribution in [0.15, 0.2) is 36.8 Å². The molecule has 148 valence electrons. The van der Waals surface area contributed by atoms with Gasteiger partial charge in [0.15, 0.2) is 11.5 Å². The van der Waals surface area contributed by atoms with Crippen LogP contribution in [0.4, 0.5) is 5.82 Å². The fourth-order valence-electron chi connectivity index (χ4n) is 3.12. The van der Waals surface area contributed by atoms with E-state index in [1.54, 1.807) is 28.6 Å². The number of benzene rings is 1. The lowest BCUT2D eigenvalue weighted by Crippen LogP contribution is -2.22. The number of carbonyl (C=O) groups is 1. The van der Waals surface area contributed by atoms with E-state index in [2.05, 4.69) is 45.4 Å². The molecule has 9 heteroatoms. The van der Waals surface area contributed by atoms with Crippen LogP contribution in [0, 0.1) is 20.8 Å². The summed E-state index contributed by atoms with van der Waals surface area (Å²) in [6, 6.07) is 7.82. The summed E-state index contributed by atoms with van der Waals surface area (Å²) >= 11 is 5.90. The van der Waals surface area contributed by atoms with Gasteiger partial charge in [-0.1, -0.05) is 12.1 Å². The Kier molecular flexibility index (Phi) is 4.79. The van der Waals surface area contributed by atoms with Crippen molar-refractivity contribution in [3.8, 4) is 11.5 Å². The van der Waals surface area contributed by atoms with E-state index < -0.39 is 5.38 Å². The zero-order valence-corrected chi connectivity index (χ0v) is 17.3. The highest BCUT2D eigenvalue weighted by molar-refractivity contribution is 6.32. The summed E-state index contributed by atoms with van der Waals surface area (Å²) in [5.41, 5.74) is 4.63. The van der Waals surface area contributed by atoms with Crippen LogP contribution in [0.2, 0.25) is 0 Å². The lowest BCUT2D eigenvalue weighted by Gasteiger charge is -2.11. The summed E-state index contributed by atoms with van der Waals surface area (Å²) in [7, 11) is 0. The van der Waals surface area contributed by atoms with Gasteiger partial charge in [0.25, 0.3) is 0 Å². The number of aromatic nitrogens is 6. The highest BCUT2D eigenvalue weighted by Crippen LogP contribution is 2.26. The van der Waals surface area contributed by atoms with Crippen molar-refractivity contribution in [3.63, 3.8) is 0 Å². The lowest BCUT2D eigenvalue weighted by atomic mass is 10.1. The number of hydrogen-bond donors (Lipinski definition) is 1. The summed E-state index contributed by atoms with van der Waals surface area (Å²) in [6.07, 6.45) is 3.17. The largest absolute Gasteiger partial charge is 0.309 e. The van der Waals surface area contributed by atoms with Crippen LogP contribution in [0.1, 0.15) is 23.7 Å². The molecule has 4 aromatic rings. The van der Waals surface area contributed by atoms with E-state index >= 15 is 0 Å². The number of fused-ring (bicyclic) bond motifs is 1. The molecule has 29 heavy (non-hydrogen) atoms. The Morgan fingerprint density at radius 2 is 1.97 bits per heavy atom. The molecule has 0 radical (unpaired) electrons. The van der Waals surface area contributed by atoms with Crippen LogP contribution < -0.4 is 5.32 Å². The molecule has 1 atom stereocenters. The number of hydrogen-bond acceptors (Lipinski definition) is 5. The quantitative estimate of drug-likeness (QED) is 0.521. The van der Waals surface area contributed by atoms with Crippen molar-refractivity contribution in [2.45, 2.75) is 33.1 Å². The van der Waals surface area contributed by atoms with E-state index in [1.165, 1.54) is 11.9 Å². The summed E-state index contributed by atoms with van der Waals surface area (Å²) < 4.78 is 3.37. The molecule has 1 amide bonds. The molecule has 1 N–H and O–H groups in total. The van der Waals surface area contributed by atoms with E-state index in [0.29, 0.717) is 22.7 Å². The average molecular weight is 410 g/mol. The molecule has 4 rings (SSSR count). The standard InChI is InChI=1S/C20H20ClN7O/c1-11-6-5-7-16(13(11)3)27-18-15(9-24-27)19(23-10-22-18)28-17(8-12(2)26-28)25-20(29)14(4)21/h5-10,14H,1-4H3,(H,25,29). The van der Waals surface area contributed by atoms with Gasteiger partial charge in [-0.2, -0.15) is 14.9 Å². The summed E-state index contributed by atoms with van der Waals surface area (Å²) in [4.78, 5) is 20.9. The fraction of sp³-hybridized carbons (Fsp3) is 0.250. The number of halogens is 1. The first kappa shape index (κ1) is 19.1. The molecular weight excluding hydrogens is 390 g/mol. The molecule has 3 aromatic heterocycles. The van der Waals surface area contributed by atoms with E-state index in [9.17, 15) is 4.79 Å². The molecule has 0 aliphatic rings. The van der Waals surface area contributed by atoms with Gasteiger partial charge < -0.3 is 5.32 Å². The van der Waals surface area contributed by atoms with Gasteiger partial charge in [0.1, 0.15) is 17.5 Å². The Labute approximate surface area is 172 Å². The minimum Gasteiger partial charge on any atom is -0.309 e. The van der Waals surface area contributed by atoms with Crippen LogP contribution in [-0.4, -0.2) is 40.8 Å². The summed E-state index contributed by atoms with van der Waals surface area (Å²) in [5.74, 6) is 0.695. The maximum Gasteiger partial charge on any atom is 0.243 e. The Morgan fingerprint density at radius 1 is 1.17 bits per heavy atom. The third kappa shape index (κ3) is 3.36. The van der Waals surface area contributed by atoms with Crippen molar-refractivity contribution in [3.05, 3.63) is 53.6 Å². The third-order valence-electron chi connectivity index (χ3n) is 4.79. The second-order valence-corrected chi connectivity index (χ2v) is 7.55. The number of amides is 1. The number of rotatable bonds is 4. The van der Waals surface area contributed by atoms with Crippen molar-refractivity contribution in [2.24, 2.45) is 0 Å². The Morgan fingerprint density at radius 3 is 2.72 bits per heavy atom. The number of nitrogens with one attached hydrogen (secondary N) is 1. The number of carbonyl (C=O) groups excluding carboxylic acids is 1. The molecule has 0 saturated carbocycles. The second kappa shape index (κ2) is 7.29. The molecule has 0 saturated heterocycles. The fourth-order valence-corrected chi connectivity index (χ4v) is 3.17. The third-order valence-corrected chi connectivity index (χ3v) is 4.99. The van der Waals surface area contributed by atoms with Crippen LogP contribution in [0.25, 0.3) is 22.5 Å². The zero-order valence-electron chi connectivity index (χ0n) is 16.5. The average Bonchev–Trinajstić information content (AvgIpc) is 3.27. The molecule has 0 aliphatic carbocycles. The van der Waals surface area contributed by atoms with Gasteiger partial charge in [0, 0.05) is 6.07 Å². The predicted molar refractivity (Wildman–Crippen MR) is 112 cm³/mol. The molecule has 0 bridgehead atoms. The first-order chi connectivity index (χ1) is 13.9. The van der Waals surface area contributed by atoms with E-state index in [-0.39, 0.29) is 5.91 Å². The SMILES string of the molecule is Cc1cc(NC(=O)C(C)Cl)n(-c2ncnc3c2cnn3-c2cccc(C)c2C)n1. The Hall–Kier alpha value is -3.26. The van der Waals surface area contributed by atoms with Crippen molar-refractivity contribution >= 4 is 34.4 Å². The van der Waals surface area contributed by atoms with Crippen molar-refractivity contribution in [1.82, 2.24) is 29.5 Å². The number of nitrogens with zero attached hydrogens (tertiary/aromatic N) is 6. The van der Waals surface area contributed by atoms with Gasteiger partial charge in [0.05, 0.1) is 23.0 Å². The topological polar surface area (TPSA) is 90.5 Å². The number of alkyl halides is 1.